The summed E-state index contributed by atoms with van der Waals surface area (Å²) >= 11 is 0. The molecule has 0 aliphatic heterocycles. The fourth-order valence-corrected chi connectivity index (χ4v) is 6.50. The van der Waals surface area contributed by atoms with Gasteiger partial charge in [-0.15, -0.1) is 0 Å². The highest BCUT2D eigenvalue weighted by Gasteiger charge is 2.39. The Bertz CT molecular complexity index is 1820. The number of rotatable bonds is 4. The fourth-order valence-electron chi connectivity index (χ4n) is 6.50. The predicted octanol–water partition coefficient (Wildman–Crippen LogP) is 8.69. The molecule has 2 atom stereocenters. The van der Waals surface area contributed by atoms with E-state index >= 15 is 0 Å². The average Bonchev–Trinajstić information content (AvgIpc) is 3.42. The normalized spacial score (nSPS) is 20.4. The molecule has 184 valence electrons. The quantitative estimate of drug-likeness (QED) is 0.275. The van der Waals surface area contributed by atoms with Gasteiger partial charge in [0.25, 0.3) is 0 Å². The first kappa shape index (κ1) is 22.1. The number of nitrogens with zero attached hydrogens (tertiary/aromatic N) is 2. The Hall–Kier alpha value is -4.95. The molecule has 0 saturated heterocycles. The highest BCUT2D eigenvalue weighted by molar-refractivity contribution is 5.88. The van der Waals surface area contributed by atoms with Gasteiger partial charge in [-0.05, 0) is 34.4 Å². The molecule has 0 amide bonds. The minimum absolute atomic E-state index is 0.299. The molecule has 3 aromatic carbocycles. The molecule has 4 aromatic rings. The molecular weight excluding hydrogens is 472 g/mol. The highest BCUT2D eigenvalue weighted by atomic mass is 15.1. The van der Waals surface area contributed by atoms with Crippen LogP contribution in [-0.4, -0.2) is 9.55 Å². The Labute approximate surface area is 228 Å². The van der Waals surface area contributed by atoms with E-state index in [0.29, 0.717) is 11.8 Å². The van der Waals surface area contributed by atoms with Crippen molar-refractivity contribution in [3.63, 3.8) is 0 Å². The lowest BCUT2D eigenvalue weighted by Gasteiger charge is -2.40. The van der Waals surface area contributed by atoms with Gasteiger partial charge in [0.05, 0.1) is 11.4 Å². The smallest absolute Gasteiger partial charge is 0.146 e. The molecule has 2 unspecified atom stereocenters. The van der Waals surface area contributed by atoms with Gasteiger partial charge in [-0.2, -0.15) is 0 Å². The second-order valence-corrected chi connectivity index (χ2v) is 10.4. The van der Waals surface area contributed by atoms with E-state index < -0.39 is 0 Å². The van der Waals surface area contributed by atoms with E-state index in [1.54, 1.807) is 0 Å². The van der Waals surface area contributed by atoms with Crippen LogP contribution in [0, 0.1) is 11.8 Å². The van der Waals surface area contributed by atoms with E-state index in [2.05, 4.69) is 150 Å². The Morgan fingerprint density at radius 2 is 1.15 bits per heavy atom. The Morgan fingerprint density at radius 1 is 0.538 bits per heavy atom. The van der Waals surface area contributed by atoms with Crippen LogP contribution < -0.4 is 0 Å². The van der Waals surface area contributed by atoms with Gasteiger partial charge in [-0.25, -0.2) is 4.98 Å². The van der Waals surface area contributed by atoms with Gasteiger partial charge in [0.2, 0.25) is 0 Å². The minimum Gasteiger partial charge on any atom is -0.292 e. The van der Waals surface area contributed by atoms with Gasteiger partial charge in [0.15, 0.2) is 0 Å². The molecular formula is C37H26N2. The molecule has 0 bridgehead atoms. The number of aromatic nitrogens is 2. The van der Waals surface area contributed by atoms with Crippen LogP contribution in [-0.2, 0) is 0 Å². The molecule has 0 saturated carbocycles. The summed E-state index contributed by atoms with van der Waals surface area (Å²) in [5.41, 5.74) is 12.1. The van der Waals surface area contributed by atoms with Crippen LogP contribution in [0.3, 0.4) is 0 Å². The molecule has 39 heavy (non-hydrogen) atoms. The Morgan fingerprint density at radius 3 is 1.90 bits per heavy atom. The third kappa shape index (κ3) is 3.45. The number of allylic oxidation sites excluding steroid dienone is 14. The molecule has 0 fully saturated rings. The van der Waals surface area contributed by atoms with Crippen molar-refractivity contribution in [2.24, 2.45) is 11.8 Å². The molecule has 2 heteroatoms. The van der Waals surface area contributed by atoms with Crippen LogP contribution in [0.5, 0.6) is 0 Å². The monoisotopic (exact) mass is 498 g/mol. The summed E-state index contributed by atoms with van der Waals surface area (Å²) in [7, 11) is 0. The fraction of sp³-hybridized carbons (Fsp3) is 0.0541. The molecule has 1 heterocycles. The minimum atomic E-state index is 0.299. The molecule has 1 aromatic heterocycles. The van der Waals surface area contributed by atoms with E-state index in [0.717, 1.165) is 34.0 Å². The van der Waals surface area contributed by atoms with Crippen molar-refractivity contribution in [1.82, 2.24) is 9.55 Å². The summed E-state index contributed by atoms with van der Waals surface area (Å²) in [4.78, 5) is 5.47. The standard InChI is InChI=1S/C37H26N2/c1-4-11-28(12-5-1)35-36(29-13-6-2-7-14-29)39(30-17-8-3-9-18-30)37(38-35)32-24-22-27-20-19-25-15-10-16-26-21-23-31(32)34(27)33(25)26/h1-24,33-34H. The third-order valence-electron chi connectivity index (χ3n) is 8.23. The van der Waals surface area contributed by atoms with Crippen LogP contribution in [0.1, 0.15) is 5.82 Å². The second-order valence-electron chi connectivity index (χ2n) is 10.4. The summed E-state index contributed by atoms with van der Waals surface area (Å²) < 4.78 is 2.36. The Kier molecular flexibility index (Phi) is 4.99. The zero-order chi connectivity index (χ0) is 25.8. The van der Waals surface area contributed by atoms with Crippen molar-refractivity contribution >= 4 is 5.57 Å². The van der Waals surface area contributed by atoms with Crippen LogP contribution in [0.4, 0.5) is 0 Å². The summed E-state index contributed by atoms with van der Waals surface area (Å²) in [5.74, 6) is 1.63. The van der Waals surface area contributed by atoms with Gasteiger partial charge in [0, 0.05) is 34.2 Å². The van der Waals surface area contributed by atoms with Crippen molar-refractivity contribution in [3.05, 3.63) is 174 Å². The van der Waals surface area contributed by atoms with Crippen molar-refractivity contribution in [2.45, 2.75) is 0 Å². The van der Waals surface area contributed by atoms with Crippen molar-refractivity contribution < 1.29 is 0 Å². The number of hydrogen-bond donors (Lipinski definition) is 0. The second kappa shape index (κ2) is 8.82. The zero-order valence-corrected chi connectivity index (χ0v) is 21.4. The summed E-state index contributed by atoms with van der Waals surface area (Å²) in [6, 6.07) is 31.9. The van der Waals surface area contributed by atoms with E-state index in [4.69, 9.17) is 4.98 Å². The number of para-hydroxylation sites is 1. The molecule has 0 radical (unpaired) electrons. The van der Waals surface area contributed by atoms with Gasteiger partial charge in [0.1, 0.15) is 5.82 Å². The van der Waals surface area contributed by atoms with Crippen LogP contribution in [0.15, 0.2) is 168 Å². The predicted molar refractivity (Wildman–Crippen MR) is 160 cm³/mol. The van der Waals surface area contributed by atoms with Crippen molar-refractivity contribution in [2.75, 3.05) is 0 Å². The number of benzene rings is 3. The van der Waals surface area contributed by atoms with Gasteiger partial charge in [-0.1, -0.05) is 134 Å². The van der Waals surface area contributed by atoms with Gasteiger partial charge >= 0.3 is 0 Å². The van der Waals surface area contributed by atoms with E-state index in [9.17, 15) is 0 Å². The Balaban J connectivity index is 1.45. The van der Waals surface area contributed by atoms with E-state index in [-0.39, 0.29) is 0 Å². The molecule has 0 spiro atoms. The van der Waals surface area contributed by atoms with Crippen molar-refractivity contribution in [1.29, 1.82) is 0 Å². The maximum Gasteiger partial charge on any atom is 0.146 e. The first-order valence-corrected chi connectivity index (χ1v) is 13.6. The SMILES string of the molecule is C1=CC2=CC=C3C=CC(c4nc(-c5ccccc5)c(-c5ccccc5)n4-c4ccccc4)=C4C=CC(=C1)C2C34. The zero-order valence-electron chi connectivity index (χ0n) is 21.4. The summed E-state index contributed by atoms with van der Waals surface area (Å²) in [6.07, 6.45) is 20.5. The molecule has 4 aliphatic rings. The van der Waals surface area contributed by atoms with E-state index in [1.807, 2.05) is 0 Å². The average molecular weight is 499 g/mol. The third-order valence-corrected chi connectivity index (χ3v) is 8.23. The maximum atomic E-state index is 5.47. The first-order valence-electron chi connectivity index (χ1n) is 13.6. The number of hydrogen-bond acceptors (Lipinski definition) is 1. The van der Waals surface area contributed by atoms with Crippen LogP contribution >= 0.6 is 0 Å². The van der Waals surface area contributed by atoms with Crippen molar-refractivity contribution in [3.8, 4) is 28.2 Å². The molecule has 0 N–H and O–H groups in total. The van der Waals surface area contributed by atoms with Crippen LogP contribution in [0.2, 0.25) is 0 Å². The summed E-state index contributed by atoms with van der Waals surface area (Å²) in [5, 5.41) is 0. The lowest BCUT2D eigenvalue weighted by atomic mass is 9.63. The topological polar surface area (TPSA) is 17.8 Å². The lowest BCUT2D eigenvalue weighted by molar-refractivity contribution is 0.565. The number of imidazole rings is 1. The van der Waals surface area contributed by atoms with E-state index in [1.165, 1.54) is 27.9 Å². The maximum absolute atomic E-state index is 5.47. The largest absolute Gasteiger partial charge is 0.292 e. The summed E-state index contributed by atoms with van der Waals surface area (Å²) in [6.45, 7) is 0. The molecule has 2 nitrogen and oxygen atoms in total. The van der Waals surface area contributed by atoms with Crippen LogP contribution in [0.25, 0.3) is 33.8 Å². The molecule has 4 aliphatic carbocycles. The van der Waals surface area contributed by atoms with Gasteiger partial charge in [-0.3, -0.25) is 4.57 Å². The first-order chi connectivity index (χ1) is 19.4. The highest BCUT2D eigenvalue weighted by Crippen LogP contribution is 2.51. The lowest BCUT2D eigenvalue weighted by Crippen LogP contribution is -2.29. The molecule has 8 rings (SSSR count). The van der Waals surface area contributed by atoms with Gasteiger partial charge < -0.3 is 0 Å².